The third-order valence-electron chi connectivity index (χ3n) is 13.0. The number of hydrogen-bond acceptors (Lipinski definition) is 4. The lowest BCUT2D eigenvalue weighted by atomic mass is 10.00. The van der Waals surface area contributed by atoms with E-state index in [2.05, 4.69) is 22.8 Å². The van der Waals surface area contributed by atoms with Crippen molar-refractivity contribution in [1.82, 2.24) is 0 Å². The molecule has 48 heavy (non-hydrogen) atoms. The van der Waals surface area contributed by atoms with E-state index in [4.69, 9.17) is 23.6 Å². The molecule has 0 radical (unpaired) electrons. The highest BCUT2D eigenvalue weighted by atomic mass is 32.9. The van der Waals surface area contributed by atoms with Gasteiger partial charge in [-0.1, -0.05) is 191 Å². The van der Waals surface area contributed by atoms with Gasteiger partial charge in [0.05, 0.1) is 0 Å². The van der Waals surface area contributed by atoms with Crippen LogP contribution in [0.3, 0.4) is 0 Å². The monoisotopic (exact) mass is 774 g/mol. The molecule has 0 heterocycles. The maximum atomic E-state index is 6.68. The summed E-state index contributed by atoms with van der Waals surface area (Å²) in [6.45, 7) is 0. The molecule has 0 aromatic rings. The average molecular weight is 775 g/mol. The summed E-state index contributed by atoms with van der Waals surface area (Å²) >= 11 is 18.1. The van der Waals surface area contributed by atoms with Crippen LogP contribution in [0.5, 0.6) is 0 Å². The molecule has 4 aliphatic rings. The van der Waals surface area contributed by atoms with Gasteiger partial charge in [-0.15, -0.1) is 22.8 Å². The minimum absolute atomic E-state index is 0.935. The highest BCUT2D eigenvalue weighted by Gasteiger charge is 2.38. The van der Waals surface area contributed by atoms with E-state index in [1.807, 2.05) is 0 Å². The van der Waals surface area contributed by atoms with Gasteiger partial charge in [0, 0.05) is 10.5 Å². The summed E-state index contributed by atoms with van der Waals surface area (Å²) in [5.74, 6) is 2.75. The van der Waals surface area contributed by atoms with Crippen LogP contribution in [-0.2, 0) is 23.6 Å². The van der Waals surface area contributed by atoms with Gasteiger partial charge in [-0.05, 0) is 98.3 Å². The summed E-state index contributed by atoms with van der Waals surface area (Å²) in [5, 5.41) is -2.46. The molecule has 0 saturated heterocycles. The molecule has 282 valence electrons. The largest absolute Gasteiger partial charge is 0.123 e. The quantitative estimate of drug-likeness (QED) is 0.0669. The lowest BCUT2D eigenvalue weighted by Crippen LogP contribution is -2.22. The van der Waals surface area contributed by atoms with Crippen molar-refractivity contribution in [2.24, 2.45) is 0 Å². The molecule has 0 amide bonds. The third kappa shape index (κ3) is 15.4. The zero-order valence-corrected chi connectivity index (χ0v) is 36.8. The fourth-order valence-electron chi connectivity index (χ4n) is 9.88. The molecule has 0 N–H and O–H groups in total. The lowest BCUT2D eigenvalue weighted by molar-refractivity contribution is 0.488. The Kier molecular flexibility index (Phi) is 23.1. The lowest BCUT2D eigenvalue weighted by Gasteiger charge is -2.41. The Labute approximate surface area is 320 Å². The van der Waals surface area contributed by atoms with Gasteiger partial charge in [0.15, 0.2) is 0 Å². The molecule has 6 heteroatoms. The molecular formula is C42H80P2S4. The Hall–Kier alpha value is 2.00. The minimum Gasteiger partial charge on any atom is -0.123 e. The average Bonchev–Trinajstić information content (AvgIpc) is 3.15. The Bertz CT molecular complexity index is 768. The van der Waals surface area contributed by atoms with E-state index in [9.17, 15) is 0 Å². The Morgan fingerprint density at radius 1 is 0.292 bits per heavy atom. The SMILES string of the molecule is S=P(SCCCCCCCCCCCCCCCCCCSP(=S)(C1CCCCC1)C1CCCCC1)(C1CCCCC1)C1CCCCC1. The maximum Gasteiger partial charge on any atom is 0.0124 e. The molecule has 0 aliphatic heterocycles. The van der Waals surface area contributed by atoms with Crippen molar-refractivity contribution >= 4 is 56.9 Å². The van der Waals surface area contributed by atoms with Crippen LogP contribution in [0.15, 0.2) is 0 Å². The second-order valence-electron chi connectivity index (χ2n) is 16.8. The van der Waals surface area contributed by atoms with Crippen molar-refractivity contribution in [1.29, 1.82) is 0 Å². The molecule has 4 aliphatic carbocycles. The van der Waals surface area contributed by atoms with Crippen LogP contribution in [-0.4, -0.2) is 34.1 Å². The van der Waals surface area contributed by atoms with Crippen LogP contribution >= 0.6 is 33.2 Å². The van der Waals surface area contributed by atoms with E-state index in [-0.39, 0.29) is 0 Å². The number of unbranched alkanes of at least 4 members (excludes halogenated alkanes) is 15. The normalized spacial score (nSPS) is 21.6. The van der Waals surface area contributed by atoms with Crippen LogP contribution in [0.2, 0.25) is 0 Å². The second-order valence-corrected chi connectivity index (χ2v) is 33.8. The smallest absolute Gasteiger partial charge is 0.0124 e. The first-order valence-corrected chi connectivity index (χ1v) is 31.2. The highest BCUT2D eigenvalue weighted by Crippen LogP contribution is 2.72. The topological polar surface area (TPSA) is 0 Å². The first-order valence-electron chi connectivity index (χ1n) is 22.1. The van der Waals surface area contributed by atoms with Crippen molar-refractivity contribution in [3.8, 4) is 0 Å². The first kappa shape index (κ1) is 42.7. The van der Waals surface area contributed by atoms with Gasteiger partial charge < -0.3 is 0 Å². The van der Waals surface area contributed by atoms with E-state index in [1.54, 1.807) is 0 Å². The van der Waals surface area contributed by atoms with Crippen molar-refractivity contribution in [3.63, 3.8) is 0 Å². The van der Waals surface area contributed by atoms with E-state index in [0.717, 1.165) is 22.6 Å². The second kappa shape index (κ2) is 25.9. The van der Waals surface area contributed by atoms with Gasteiger partial charge in [-0.2, -0.15) is 0 Å². The molecule has 0 bridgehead atoms. The third-order valence-corrected chi connectivity index (χ3v) is 33.4. The van der Waals surface area contributed by atoms with Gasteiger partial charge in [-0.25, -0.2) is 0 Å². The fraction of sp³-hybridized carbons (Fsp3) is 1.00. The van der Waals surface area contributed by atoms with E-state index >= 15 is 0 Å². The predicted octanol–water partition coefficient (Wildman–Crippen LogP) is 16.8. The van der Waals surface area contributed by atoms with Crippen molar-refractivity contribution in [3.05, 3.63) is 0 Å². The molecule has 4 fully saturated rings. The molecule has 0 atom stereocenters. The van der Waals surface area contributed by atoms with Gasteiger partial charge >= 0.3 is 0 Å². The van der Waals surface area contributed by atoms with Crippen molar-refractivity contribution in [2.45, 2.75) is 254 Å². The van der Waals surface area contributed by atoms with Crippen LogP contribution < -0.4 is 0 Å². The van der Waals surface area contributed by atoms with E-state index < -0.39 is 10.5 Å². The molecule has 0 unspecified atom stereocenters. The Balaban J connectivity index is 0.913. The zero-order valence-electron chi connectivity index (χ0n) is 31.7. The molecule has 4 rings (SSSR count). The summed E-state index contributed by atoms with van der Waals surface area (Å²) in [6.07, 6.45) is 52.8. The molecule has 0 nitrogen and oxygen atoms in total. The predicted molar refractivity (Wildman–Crippen MR) is 235 cm³/mol. The fourth-order valence-corrected chi connectivity index (χ4v) is 28.9. The van der Waals surface area contributed by atoms with Crippen molar-refractivity contribution in [2.75, 3.05) is 11.5 Å². The van der Waals surface area contributed by atoms with Crippen LogP contribution in [0.25, 0.3) is 0 Å². The van der Waals surface area contributed by atoms with Gasteiger partial charge in [0.2, 0.25) is 0 Å². The molecular weight excluding hydrogens is 695 g/mol. The highest BCUT2D eigenvalue weighted by molar-refractivity contribution is 8.71. The Morgan fingerprint density at radius 2 is 0.479 bits per heavy atom. The summed E-state index contributed by atoms with van der Waals surface area (Å²) in [7, 11) is 0. The maximum absolute atomic E-state index is 6.68. The van der Waals surface area contributed by atoms with Crippen LogP contribution in [0.4, 0.5) is 0 Å². The first-order chi connectivity index (χ1) is 23.6. The Morgan fingerprint density at radius 3 is 0.688 bits per heavy atom. The van der Waals surface area contributed by atoms with Gasteiger partial charge in [0.1, 0.15) is 0 Å². The van der Waals surface area contributed by atoms with E-state index in [1.165, 1.54) is 243 Å². The molecule has 0 aromatic heterocycles. The summed E-state index contributed by atoms with van der Waals surface area (Å²) < 4.78 is 0. The van der Waals surface area contributed by atoms with Crippen LogP contribution in [0, 0.1) is 0 Å². The minimum atomic E-state index is -1.23. The number of rotatable bonds is 25. The van der Waals surface area contributed by atoms with E-state index in [0.29, 0.717) is 0 Å². The standard InChI is InChI=1S/C42H80P2S4/c45-43(39-29-19-15-20-30-39,40-31-21-16-22-32-40)47-37-27-13-11-9-7-5-3-1-2-4-6-8-10-12-14-28-38-48-44(46,41-33-23-17-24-34-41)42-35-25-18-26-36-42/h39-42H,1-38H2. The molecule has 0 spiro atoms. The van der Waals surface area contributed by atoms with Crippen molar-refractivity contribution < 1.29 is 0 Å². The zero-order chi connectivity index (χ0) is 33.6. The molecule has 4 saturated carbocycles. The van der Waals surface area contributed by atoms with Gasteiger partial charge in [-0.3, -0.25) is 0 Å². The summed E-state index contributed by atoms with van der Waals surface area (Å²) in [6, 6.07) is 0. The summed E-state index contributed by atoms with van der Waals surface area (Å²) in [5.41, 5.74) is 3.74. The van der Waals surface area contributed by atoms with Crippen LogP contribution in [0.1, 0.15) is 231 Å². The summed E-state index contributed by atoms with van der Waals surface area (Å²) in [4.78, 5) is 0. The molecule has 0 aromatic carbocycles. The van der Waals surface area contributed by atoms with Gasteiger partial charge in [0.25, 0.3) is 0 Å². The number of hydrogen-bond donors (Lipinski definition) is 0.